The smallest absolute Gasteiger partial charge is 0.273 e. The molecule has 19 heavy (non-hydrogen) atoms. The molecule has 1 aromatic rings. The van der Waals surface area contributed by atoms with Gasteiger partial charge < -0.3 is 15.7 Å². The molecule has 2 saturated carbocycles. The van der Waals surface area contributed by atoms with E-state index < -0.39 is 0 Å². The second kappa shape index (κ2) is 4.76. The van der Waals surface area contributed by atoms with E-state index in [2.05, 4.69) is 4.98 Å². The number of nitrogen functional groups attached to an aromatic ring is 1. The van der Waals surface area contributed by atoms with Crippen molar-refractivity contribution in [3.05, 3.63) is 11.1 Å². The van der Waals surface area contributed by atoms with E-state index in [4.69, 9.17) is 5.73 Å². The molecular formula is C13H19N3O2S. The average Bonchev–Trinajstić information content (AvgIpc) is 3.01. The molecule has 2 aliphatic carbocycles. The number of thiazole rings is 1. The van der Waals surface area contributed by atoms with Gasteiger partial charge in [0.2, 0.25) is 0 Å². The second-order valence-corrected chi connectivity index (χ2v) is 6.65. The summed E-state index contributed by atoms with van der Waals surface area (Å²) < 4.78 is 0. The molecule has 1 aromatic heterocycles. The Kier molecular flexibility index (Phi) is 3.22. The first-order valence-electron chi connectivity index (χ1n) is 6.71. The van der Waals surface area contributed by atoms with Crippen molar-refractivity contribution in [2.75, 3.05) is 12.8 Å². The minimum absolute atomic E-state index is 0.0431. The number of anilines is 1. The Bertz CT molecular complexity index is 476. The normalized spacial score (nSPS) is 33.4. The first-order valence-corrected chi connectivity index (χ1v) is 7.58. The minimum atomic E-state index is -0.129. The third kappa shape index (κ3) is 2.34. The molecule has 3 rings (SSSR count). The summed E-state index contributed by atoms with van der Waals surface area (Å²) in [6.07, 6.45) is 3.67. The highest BCUT2D eigenvalue weighted by atomic mass is 32.1. The van der Waals surface area contributed by atoms with E-state index in [1.807, 2.05) is 7.05 Å². The number of aliphatic hydroxyl groups excluding tert-OH is 1. The molecule has 0 aliphatic heterocycles. The lowest BCUT2D eigenvalue weighted by molar-refractivity contribution is 0.0717. The van der Waals surface area contributed by atoms with Gasteiger partial charge in [-0.05, 0) is 37.5 Å². The van der Waals surface area contributed by atoms with Gasteiger partial charge in [-0.2, -0.15) is 0 Å². The van der Waals surface area contributed by atoms with Crippen molar-refractivity contribution in [3.63, 3.8) is 0 Å². The van der Waals surface area contributed by atoms with Gasteiger partial charge in [-0.3, -0.25) is 4.79 Å². The van der Waals surface area contributed by atoms with Gasteiger partial charge in [0.15, 0.2) is 5.13 Å². The van der Waals surface area contributed by atoms with Crippen molar-refractivity contribution in [1.82, 2.24) is 9.88 Å². The zero-order valence-corrected chi connectivity index (χ0v) is 11.8. The molecule has 0 spiro atoms. The van der Waals surface area contributed by atoms with Crippen LogP contribution >= 0.6 is 11.3 Å². The molecule has 0 saturated heterocycles. The summed E-state index contributed by atoms with van der Waals surface area (Å²) >= 11 is 1.30. The highest BCUT2D eigenvalue weighted by Crippen LogP contribution is 2.45. The van der Waals surface area contributed by atoms with Crippen LogP contribution in [0.25, 0.3) is 0 Å². The summed E-state index contributed by atoms with van der Waals surface area (Å²) in [6.45, 7) is 0. The lowest BCUT2D eigenvalue weighted by atomic mass is 10.0. The maximum absolute atomic E-state index is 12.3. The molecule has 1 heterocycles. The summed E-state index contributed by atoms with van der Waals surface area (Å²) in [5.41, 5.74) is 6.02. The van der Waals surface area contributed by atoms with Crippen LogP contribution in [0.5, 0.6) is 0 Å². The van der Waals surface area contributed by atoms with Crippen LogP contribution in [0.3, 0.4) is 0 Å². The predicted molar refractivity (Wildman–Crippen MR) is 73.9 cm³/mol. The second-order valence-electron chi connectivity index (χ2n) is 5.76. The topological polar surface area (TPSA) is 79.5 Å². The zero-order valence-electron chi connectivity index (χ0n) is 11.0. The number of fused-ring (bicyclic) bond motifs is 1. The van der Waals surface area contributed by atoms with Crippen LogP contribution < -0.4 is 5.73 Å². The van der Waals surface area contributed by atoms with Crippen LogP contribution in [-0.2, 0) is 0 Å². The first kappa shape index (κ1) is 12.9. The van der Waals surface area contributed by atoms with E-state index in [1.54, 1.807) is 10.3 Å². The number of nitrogens with zero attached hydrogens (tertiary/aromatic N) is 2. The number of aromatic nitrogens is 1. The van der Waals surface area contributed by atoms with Crippen LogP contribution in [0, 0.1) is 11.8 Å². The Labute approximate surface area is 116 Å². The Morgan fingerprint density at radius 1 is 1.42 bits per heavy atom. The van der Waals surface area contributed by atoms with Gasteiger partial charge in [0.25, 0.3) is 5.91 Å². The number of carbonyl (C=O) groups excluding carboxylic acids is 1. The van der Waals surface area contributed by atoms with Gasteiger partial charge in [0, 0.05) is 18.5 Å². The fourth-order valence-corrected chi connectivity index (χ4v) is 4.14. The molecular weight excluding hydrogens is 262 g/mol. The summed E-state index contributed by atoms with van der Waals surface area (Å²) in [4.78, 5) is 18.2. The van der Waals surface area contributed by atoms with Gasteiger partial charge in [-0.1, -0.05) is 0 Å². The van der Waals surface area contributed by atoms with Crippen molar-refractivity contribution < 1.29 is 9.90 Å². The Morgan fingerprint density at radius 2 is 2.05 bits per heavy atom. The van der Waals surface area contributed by atoms with E-state index in [-0.39, 0.29) is 18.1 Å². The lowest BCUT2D eigenvalue weighted by Crippen LogP contribution is -2.36. The lowest BCUT2D eigenvalue weighted by Gasteiger charge is -2.24. The highest BCUT2D eigenvalue weighted by Gasteiger charge is 2.43. The minimum Gasteiger partial charge on any atom is -0.393 e. The third-order valence-electron chi connectivity index (χ3n) is 4.58. The van der Waals surface area contributed by atoms with Gasteiger partial charge in [0.05, 0.1) is 6.10 Å². The van der Waals surface area contributed by atoms with Crippen LogP contribution in [-0.4, -0.2) is 40.1 Å². The number of hydrogen-bond donors (Lipinski definition) is 2. The van der Waals surface area contributed by atoms with Gasteiger partial charge in [-0.25, -0.2) is 4.98 Å². The standard InChI is InChI=1S/C13H19N3O2S/c1-16(12(18)11-6-19-13(14)15-11)9-2-7-4-10(17)5-8(7)3-9/h6-10,17H,2-5H2,1H3,(H2,14,15)/t7-,8+,9?,10?. The maximum atomic E-state index is 12.3. The monoisotopic (exact) mass is 281 g/mol. The molecule has 2 unspecified atom stereocenters. The summed E-state index contributed by atoms with van der Waals surface area (Å²) in [7, 11) is 1.85. The Hall–Kier alpha value is -1.14. The summed E-state index contributed by atoms with van der Waals surface area (Å²) in [5.74, 6) is 1.12. The Balaban J connectivity index is 1.66. The van der Waals surface area contributed by atoms with Crippen LogP contribution in [0.4, 0.5) is 5.13 Å². The van der Waals surface area contributed by atoms with Crippen molar-refractivity contribution in [2.45, 2.75) is 37.8 Å². The highest BCUT2D eigenvalue weighted by molar-refractivity contribution is 7.13. The molecule has 4 atom stereocenters. The summed E-state index contributed by atoms with van der Waals surface area (Å²) in [6, 6.07) is 0.276. The molecule has 6 heteroatoms. The van der Waals surface area contributed by atoms with E-state index in [1.165, 1.54) is 11.3 Å². The molecule has 2 aliphatic rings. The number of rotatable bonds is 2. The van der Waals surface area contributed by atoms with Crippen LogP contribution in [0.1, 0.15) is 36.2 Å². The molecule has 2 fully saturated rings. The van der Waals surface area contributed by atoms with Crippen LogP contribution in [0.15, 0.2) is 5.38 Å². The average molecular weight is 281 g/mol. The largest absolute Gasteiger partial charge is 0.393 e. The Morgan fingerprint density at radius 3 is 2.58 bits per heavy atom. The maximum Gasteiger partial charge on any atom is 0.273 e. The van der Waals surface area contributed by atoms with Crippen molar-refractivity contribution in [2.24, 2.45) is 11.8 Å². The number of nitrogens with two attached hydrogens (primary N) is 1. The molecule has 3 N–H and O–H groups in total. The van der Waals surface area contributed by atoms with Crippen molar-refractivity contribution in [1.29, 1.82) is 0 Å². The third-order valence-corrected chi connectivity index (χ3v) is 5.25. The number of amides is 1. The van der Waals surface area contributed by atoms with E-state index >= 15 is 0 Å². The molecule has 1 amide bonds. The van der Waals surface area contributed by atoms with Crippen molar-refractivity contribution >= 4 is 22.4 Å². The van der Waals surface area contributed by atoms with E-state index in [0.29, 0.717) is 22.7 Å². The van der Waals surface area contributed by atoms with Gasteiger partial charge in [0.1, 0.15) is 5.69 Å². The van der Waals surface area contributed by atoms with E-state index in [9.17, 15) is 9.90 Å². The molecule has 0 aromatic carbocycles. The molecule has 104 valence electrons. The quantitative estimate of drug-likeness (QED) is 0.857. The van der Waals surface area contributed by atoms with Gasteiger partial charge in [-0.15, -0.1) is 11.3 Å². The molecule has 5 nitrogen and oxygen atoms in total. The van der Waals surface area contributed by atoms with Crippen LogP contribution in [0.2, 0.25) is 0 Å². The SMILES string of the molecule is CN(C(=O)c1csc(N)n1)C1C[C@H]2CC(O)C[C@H]2C1. The van der Waals surface area contributed by atoms with E-state index in [0.717, 1.165) is 25.7 Å². The number of hydrogen-bond acceptors (Lipinski definition) is 5. The first-order chi connectivity index (χ1) is 9.04. The fourth-order valence-electron chi connectivity index (χ4n) is 3.60. The zero-order chi connectivity index (χ0) is 13.6. The predicted octanol–water partition coefficient (Wildman–Crippen LogP) is 1.35. The number of aliphatic hydroxyl groups is 1. The summed E-state index contributed by atoms with van der Waals surface area (Å²) in [5, 5.41) is 11.8. The van der Waals surface area contributed by atoms with Crippen molar-refractivity contribution in [3.8, 4) is 0 Å². The molecule has 0 radical (unpaired) electrons. The van der Waals surface area contributed by atoms with Gasteiger partial charge >= 0.3 is 0 Å². The number of carbonyl (C=O) groups is 1. The fraction of sp³-hybridized carbons (Fsp3) is 0.692. The molecule has 0 bridgehead atoms.